The summed E-state index contributed by atoms with van der Waals surface area (Å²) in [4.78, 5) is 26.1. The summed E-state index contributed by atoms with van der Waals surface area (Å²) in [5.41, 5.74) is 2.08. The fourth-order valence-corrected chi connectivity index (χ4v) is 3.14. The molecule has 26 heavy (non-hydrogen) atoms. The summed E-state index contributed by atoms with van der Waals surface area (Å²) in [7, 11) is 0. The minimum atomic E-state index is -0.0873. The van der Waals surface area contributed by atoms with Gasteiger partial charge in [0.05, 0.1) is 18.8 Å². The van der Waals surface area contributed by atoms with Gasteiger partial charge in [0.25, 0.3) is 0 Å². The fraction of sp³-hybridized carbons (Fsp3) is 0.526. The molecule has 2 amide bonds. The Hall–Kier alpha value is -2.41. The molecule has 0 aromatic carbocycles. The summed E-state index contributed by atoms with van der Waals surface area (Å²) in [5.74, 6) is 0.813. The van der Waals surface area contributed by atoms with Crippen molar-refractivity contribution >= 4 is 6.03 Å². The Morgan fingerprint density at radius 2 is 2.23 bits per heavy atom. The summed E-state index contributed by atoms with van der Waals surface area (Å²) in [6.07, 6.45) is 8.06. The molecule has 0 unspecified atom stereocenters. The van der Waals surface area contributed by atoms with Crippen molar-refractivity contribution in [3.8, 4) is 0 Å². The Balaban J connectivity index is 1.44. The van der Waals surface area contributed by atoms with Gasteiger partial charge in [-0.3, -0.25) is 4.98 Å². The van der Waals surface area contributed by atoms with Gasteiger partial charge in [-0.05, 0) is 37.8 Å². The molecule has 1 fully saturated rings. The molecule has 1 saturated heterocycles. The Morgan fingerprint density at radius 3 is 2.85 bits per heavy atom. The second-order valence-electron chi connectivity index (χ2n) is 6.72. The molecule has 1 atom stereocenters. The van der Waals surface area contributed by atoms with Crippen molar-refractivity contribution in [1.29, 1.82) is 0 Å². The molecular weight excluding hydrogens is 330 g/mol. The molecule has 2 aromatic rings. The van der Waals surface area contributed by atoms with Gasteiger partial charge in [0, 0.05) is 37.4 Å². The summed E-state index contributed by atoms with van der Waals surface area (Å²) >= 11 is 0. The van der Waals surface area contributed by atoms with E-state index in [1.54, 1.807) is 12.4 Å². The first-order valence-electron chi connectivity index (χ1n) is 9.23. The van der Waals surface area contributed by atoms with Crippen LogP contribution in [0.1, 0.15) is 49.3 Å². The van der Waals surface area contributed by atoms with Crippen LogP contribution in [0.4, 0.5) is 4.79 Å². The van der Waals surface area contributed by atoms with Gasteiger partial charge in [0.1, 0.15) is 5.82 Å². The number of rotatable bonds is 6. The maximum atomic E-state index is 12.6. The van der Waals surface area contributed by atoms with E-state index in [0.29, 0.717) is 19.7 Å². The smallest absolute Gasteiger partial charge is 0.317 e. The number of carbonyl (C=O) groups excluding carboxylic acids is 1. The van der Waals surface area contributed by atoms with Crippen LogP contribution in [0.25, 0.3) is 0 Å². The third-order valence-electron chi connectivity index (χ3n) is 4.70. The van der Waals surface area contributed by atoms with Crippen LogP contribution in [0.3, 0.4) is 0 Å². The number of nitrogens with one attached hydrogen (secondary N) is 2. The molecule has 1 aliphatic heterocycles. The number of ether oxygens (including phenoxy) is 1. The van der Waals surface area contributed by atoms with Crippen molar-refractivity contribution in [2.45, 2.75) is 51.9 Å². The van der Waals surface area contributed by atoms with E-state index in [-0.39, 0.29) is 18.2 Å². The Bertz CT molecular complexity index is 695. The van der Waals surface area contributed by atoms with Gasteiger partial charge in [-0.2, -0.15) is 0 Å². The normalized spacial score (nSPS) is 16.5. The molecule has 2 N–H and O–H groups in total. The monoisotopic (exact) mass is 357 g/mol. The van der Waals surface area contributed by atoms with Crippen molar-refractivity contribution in [3.05, 3.63) is 47.8 Å². The summed E-state index contributed by atoms with van der Waals surface area (Å²) in [5, 5.41) is 3.08. The number of nitrogens with zero attached hydrogens (tertiary/aromatic N) is 3. The van der Waals surface area contributed by atoms with E-state index in [1.807, 2.05) is 37.1 Å². The van der Waals surface area contributed by atoms with Crippen LogP contribution in [0.2, 0.25) is 0 Å². The Kier molecular flexibility index (Phi) is 6.22. The molecule has 0 radical (unpaired) electrons. The lowest BCUT2D eigenvalue weighted by molar-refractivity contribution is 0.00415. The largest absolute Gasteiger partial charge is 0.373 e. The van der Waals surface area contributed by atoms with E-state index in [4.69, 9.17) is 4.74 Å². The highest BCUT2D eigenvalue weighted by Gasteiger charge is 2.25. The minimum Gasteiger partial charge on any atom is -0.373 e. The van der Waals surface area contributed by atoms with Crippen molar-refractivity contribution in [3.63, 3.8) is 0 Å². The summed E-state index contributed by atoms with van der Waals surface area (Å²) in [6.45, 7) is 5.98. The van der Waals surface area contributed by atoms with Crippen LogP contribution in [-0.4, -0.2) is 45.1 Å². The topological polar surface area (TPSA) is 83.1 Å². The predicted octanol–water partition coefficient (Wildman–Crippen LogP) is 2.96. The zero-order chi connectivity index (χ0) is 18.4. The predicted molar refractivity (Wildman–Crippen MR) is 98.5 cm³/mol. The number of aromatic amines is 1. The number of piperidine rings is 1. The number of pyridine rings is 1. The molecule has 140 valence electrons. The van der Waals surface area contributed by atoms with Gasteiger partial charge in [0.2, 0.25) is 0 Å². The molecular formula is C19H27N5O2. The zero-order valence-electron chi connectivity index (χ0n) is 15.4. The number of imidazole rings is 1. The van der Waals surface area contributed by atoms with Gasteiger partial charge in [-0.1, -0.05) is 13.0 Å². The maximum absolute atomic E-state index is 12.6. The van der Waals surface area contributed by atoms with Crippen LogP contribution in [0, 0.1) is 6.92 Å². The molecule has 7 heteroatoms. The van der Waals surface area contributed by atoms with Crippen LogP contribution >= 0.6 is 0 Å². The van der Waals surface area contributed by atoms with Crippen LogP contribution in [0.5, 0.6) is 0 Å². The molecule has 7 nitrogen and oxygen atoms in total. The summed E-state index contributed by atoms with van der Waals surface area (Å²) < 4.78 is 5.96. The molecule has 3 rings (SSSR count). The van der Waals surface area contributed by atoms with E-state index in [0.717, 1.165) is 36.3 Å². The van der Waals surface area contributed by atoms with Crippen molar-refractivity contribution < 1.29 is 9.53 Å². The van der Waals surface area contributed by atoms with Gasteiger partial charge in [-0.25, -0.2) is 9.78 Å². The van der Waals surface area contributed by atoms with Crippen molar-refractivity contribution in [2.75, 3.05) is 13.1 Å². The number of aromatic nitrogens is 3. The Morgan fingerprint density at radius 1 is 1.42 bits per heavy atom. The average molecular weight is 357 g/mol. The summed E-state index contributed by atoms with van der Waals surface area (Å²) in [6, 6.07) is 3.81. The lowest BCUT2D eigenvalue weighted by Gasteiger charge is -2.33. The number of amides is 2. The molecule has 0 spiro atoms. The highest BCUT2D eigenvalue weighted by Crippen LogP contribution is 2.18. The van der Waals surface area contributed by atoms with Crippen molar-refractivity contribution in [2.24, 2.45) is 0 Å². The third-order valence-corrected chi connectivity index (χ3v) is 4.70. The molecule has 3 heterocycles. The number of aryl methyl sites for hydroxylation is 1. The highest BCUT2D eigenvalue weighted by atomic mass is 16.5. The van der Waals surface area contributed by atoms with E-state index in [9.17, 15) is 4.79 Å². The van der Waals surface area contributed by atoms with Crippen LogP contribution in [-0.2, 0) is 11.3 Å². The highest BCUT2D eigenvalue weighted by molar-refractivity contribution is 5.74. The number of likely N-dealkylation sites (tertiary alicyclic amines) is 1. The molecule has 2 aromatic heterocycles. The van der Waals surface area contributed by atoms with E-state index >= 15 is 0 Å². The molecule has 1 aliphatic rings. The number of hydrogen-bond donors (Lipinski definition) is 2. The number of H-pyrrole nitrogens is 1. The lowest BCUT2D eigenvalue weighted by atomic mass is 10.1. The first-order valence-corrected chi connectivity index (χ1v) is 9.23. The number of hydrogen-bond acceptors (Lipinski definition) is 4. The second kappa shape index (κ2) is 8.80. The van der Waals surface area contributed by atoms with Crippen molar-refractivity contribution in [1.82, 2.24) is 25.2 Å². The average Bonchev–Trinajstić information content (AvgIpc) is 3.11. The SMILES string of the molecule is CC[C@H](NC(=O)N1CCC(OCc2cccnc2)CC1)c1ncc(C)[nH]1. The molecule has 0 bridgehead atoms. The van der Waals surface area contributed by atoms with Crippen LogP contribution < -0.4 is 5.32 Å². The minimum absolute atomic E-state index is 0.0309. The molecule has 0 aliphatic carbocycles. The number of carbonyl (C=O) groups is 1. The van der Waals surface area contributed by atoms with Gasteiger partial charge in [0.15, 0.2) is 0 Å². The van der Waals surface area contributed by atoms with Crippen LogP contribution in [0.15, 0.2) is 30.7 Å². The van der Waals surface area contributed by atoms with E-state index < -0.39 is 0 Å². The first-order chi connectivity index (χ1) is 12.7. The van der Waals surface area contributed by atoms with E-state index in [1.165, 1.54) is 0 Å². The Labute approximate surface area is 154 Å². The lowest BCUT2D eigenvalue weighted by Crippen LogP contribution is -2.47. The van der Waals surface area contributed by atoms with E-state index in [2.05, 4.69) is 20.3 Å². The zero-order valence-corrected chi connectivity index (χ0v) is 15.4. The quantitative estimate of drug-likeness (QED) is 0.833. The van der Waals surface area contributed by atoms with Gasteiger partial charge < -0.3 is 19.9 Å². The maximum Gasteiger partial charge on any atom is 0.317 e. The number of urea groups is 1. The fourth-order valence-electron chi connectivity index (χ4n) is 3.14. The standard InChI is InChI=1S/C19H27N5O2/c1-3-17(18-21-11-14(2)22-18)23-19(25)24-9-6-16(7-10-24)26-13-15-5-4-8-20-12-15/h4-5,8,11-12,16-17H,3,6-7,9-10,13H2,1-2H3,(H,21,22)(H,23,25)/t17-/m0/s1. The van der Waals surface area contributed by atoms with Gasteiger partial charge in [-0.15, -0.1) is 0 Å². The molecule has 0 saturated carbocycles. The first kappa shape index (κ1) is 18.4. The van der Waals surface area contributed by atoms with Gasteiger partial charge >= 0.3 is 6.03 Å². The second-order valence-corrected chi connectivity index (χ2v) is 6.72. The third kappa shape index (κ3) is 4.82.